The molecule has 1 unspecified atom stereocenters. The Morgan fingerprint density at radius 3 is 3.19 bits per heavy atom. The molecule has 1 atom stereocenters. The second-order valence-electron chi connectivity index (χ2n) is 4.19. The van der Waals surface area contributed by atoms with Gasteiger partial charge in [0.25, 0.3) is 0 Å². The molecule has 0 aliphatic carbocycles. The molecular weight excluding hydrogens is 268 g/mol. The highest BCUT2D eigenvalue weighted by Crippen LogP contribution is 2.21. The van der Waals surface area contributed by atoms with Crippen LogP contribution in [0.5, 0.6) is 0 Å². The molecule has 1 fully saturated rings. The average Bonchev–Trinajstić information content (AvgIpc) is 2.74. The Balaban J connectivity index is 1.80. The van der Waals surface area contributed by atoms with Gasteiger partial charge in [-0.25, -0.2) is 4.98 Å². The molecule has 1 aliphatic rings. The molecule has 3 nitrogen and oxygen atoms in total. The Kier molecular flexibility index (Phi) is 4.18. The first-order chi connectivity index (χ1) is 7.75. The van der Waals surface area contributed by atoms with Gasteiger partial charge < -0.3 is 10.1 Å². The maximum absolute atomic E-state index is 5.57. The summed E-state index contributed by atoms with van der Waals surface area (Å²) in [5, 5.41) is 3.33. The molecular formula is C12H17BrN2O. The van der Waals surface area contributed by atoms with Gasteiger partial charge in [-0.05, 0) is 53.7 Å². The van der Waals surface area contributed by atoms with Crippen LogP contribution in [-0.2, 0) is 4.74 Å². The van der Waals surface area contributed by atoms with Crippen LogP contribution < -0.4 is 5.32 Å². The lowest BCUT2D eigenvalue weighted by molar-refractivity contribution is 0.107. The Hall–Kier alpha value is -0.610. The third-order valence-corrected chi connectivity index (χ3v) is 3.37. The van der Waals surface area contributed by atoms with Crippen LogP contribution in [0.2, 0.25) is 0 Å². The predicted octanol–water partition coefficient (Wildman–Crippen LogP) is 3.13. The van der Waals surface area contributed by atoms with Gasteiger partial charge in [0, 0.05) is 19.3 Å². The van der Waals surface area contributed by atoms with Crippen molar-refractivity contribution in [1.82, 2.24) is 4.98 Å². The molecule has 1 saturated heterocycles. The summed E-state index contributed by atoms with van der Waals surface area (Å²) < 4.78 is 6.60. The van der Waals surface area contributed by atoms with Crippen molar-refractivity contribution >= 4 is 21.7 Å². The lowest BCUT2D eigenvalue weighted by atomic mass is 10.2. The fraction of sp³-hybridized carbons (Fsp3) is 0.583. The first-order valence-electron chi connectivity index (χ1n) is 5.73. The number of halogens is 1. The van der Waals surface area contributed by atoms with Crippen LogP contribution in [-0.4, -0.2) is 24.2 Å². The highest BCUT2D eigenvalue weighted by molar-refractivity contribution is 9.10. The van der Waals surface area contributed by atoms with E-state index in [1.54, 1.807) is 0 Å². The lowest BCUT2D eigenvalue weighted by Crippen LogP contribution is -2.13. The van der Waals surface area contributed by atoms with E-state index in [9.17, 15) is 0 Å². The molecule has 0 spiro atoms. The standard InChI is InChI=1S/C12H17BrN2O/c1-9-7-11(13)12(15-8-9)14-5-4-10-3-2-6-16-10/h7-8,10H,2-6H2,1H3,(H,14,15). The van der Waals surface area contributed by atoms with Crippen LogP contribution in [0, 0.1) is 6.92 Å². The zero-order valence-corrected chi connectivity index (χ0v) is 11.1. The zero-order valence-electron chi connectivity index (χ0n) is 9.50. The summed E-state index contributed by atoms with van der Waals surface area (Å²) in [6.07, 6.45) is 5.78. The predicted molar refractivity (Wildman–Crippen MR) is 68.8 cm³/mol. The number of aromatic nitrogens is 1. The van der Waals surface area contributed by atoms with Crippen molar-refractivity contribution in [1.29, 1.82) is 0 Å². The van der Waals surface area contributed by atoms with E-state index >= 15 is 0 Å². The van der Waals surface area contributed by atoms with E-state index in [0.717, 1.165) is 35.4 Å². The molecule has 2 heterocycles. The molecule has 1 aromatic heterocycles. The Labute approximate surface area is 105 Å². The third-order valence-electron chi connectivity index (χ3n) is 2.76. The van der Waals surface area contributed by atoms with Gasteiger partial charge >= 0.3 is 0 Å². The molecule has 1 aromatic rings. The largest absolute Gasteiger partial charge is 0.378 e. The van der Waals surface area contributed by atoms with E-state index in [1.807, 2.05) is 13.1 Å². The molecule has 16 heavy (non-hydrogen) atoms. The molecule has 0 aromatic carbocycles. The average molecular weight is 285 g/mol. The van der Waals surface area contributed by atoms with Gasteiger partial charge in [-0.15, -0.1) is 0 Å². The Morgan fingerprint density at radius 2 is 2.50 bits per heavy atom. The van der Waals surface area contributed by atoms with Crippen LogP contribution in [0.25, 0.3) is 0 Å². The smallest absolute Gasteiger partial charge is 0.140 e. The van der Waals surface area contributed by atoms with Crippen LogP contribution >= 0.6 is 15.9 Å². The maximum Gasteiger partial charge on any atom is 0.140 e. The number of nitrogens with one attached hydrogen (secondary N) is 1. The summed E-state index contributed by atoms with van der Waals surface area (Å²) >= 11 is 3.50. The fourth-order valence-electron chi connectivity index (χ4n) is 1.89. The Bertz CT molecular complexity index is 351. The van der Waals surface area contributed by atoms with Gasteiger partial charge in [-0.1, -0.05) is 0 Å². The van der Waals surface area contributed by atoms with E-state index in [-0.39, 0.29) is 0 Å². The summed E-state index contributed by atoms with van der Waals surface area (Å²) in [6.45, 7) is 3.88. The van der Waals surface area contributed by atoms with Crippen LogP contribution in [0.15, 0.2) is 16.7 Å². The van der Waals surface area contributed by atoms with Crippen molar-refractivity contribution in [3.8, 4) is 0 Å². The molecule has 1 aliphatic heterocycles. The van der Waals surface area contributed by atoms with E-state index < -0.39 is 0 Å². The third kappa shape index (κ3) is 3.19. The summed E-state index contributed by atoms with van der Waals surface area (Å²) in [5.74, 6) is 0.920. The van der Waals surface area contributed by atoms with Crippen molar-refractivity contribution in [3.05, 3.63) is 22.3 Å². The number of nitrogens with zero attached hydrogens (tertiary/aromatic N) is 1. The highest BCUT2D eigenvalue weighted by atomic mass is 79.9. The molecule has 2 rings (SSSR count). The number of aryl methyl sites for hydroxylation is 1. The molecule has 0 bridgehead atoms. The molecule has 4 heteroatoms. The quantitative estimate of drug-likeness (QED) is 0.922. The minimum absolute atomic E-state index is 0.441. The van der Waals surface area contributed by atoms with Crippen molar-refractivity contribution in [3.63, 3.8) is 0 Å². The minimum Gasteiger partial charge on any atom is -0.378 e. The van der Waals surface area contributed by atoms with Gasteiger partial charge in [0.1, 0.15) is 5.82 Å². The zero-order chi connectivity index (χ0) is 11.4. The van der Waals surface area contributed by atoms with Gasteiger partial charge in [-0.2, -0.15) is 0 Å². The number of rotatable bonds is 4. The van der Waals surface area contributed by atoms with Crippen molar-refractivity contribution in [2.45, 2.75) is 32.3 Å². The van der Waals surface area contributed by atoms with E-state index in [2.05, 4.69) is 32.3 Å². The summed E-state index contributed by atoms with van der Waals surface area (Å²) in [5.41, 5.74) is 1.16. The van der Waals surface area contributed by atoms with E-state index in [4.69, 9.17) is 4.74 Å². The molecule has 0 saturated carbocycles. The highest BCUT2D eigenvalue weighted by Gasteiger charge is 2.14. The second kappa shape index (κ2) is 5.64. The number of anilines is 1. The van der Waals surface area contributed by atoms with E-state index in [1.165, 1.54) is 12.8 Å². The number of ether oxygens (including phenoxy) is 1. The van der Waals surface area contributed by atoms with Gasteiger partial charge in [0.05, 0.1) is 10.6 Å². The van der Waals surface area contributed by atoms with Crippen molar-refractivity contribution in [2.24, 2.45) is 0 Å². The monoisotopic (exact) mass is 284 g/mol. The lowest BCUT2D eigenvalue weighted by Gasteiger charge is -2.11. The summed E-state index contributed by atoms with van der Waals surface area (Å²) in [7, 11) is 0. The van der Waals surface area contributed by atoms with Gasteiger partial charge in [-0.3, -0.25) is 0 Å². The van der Waals surface area contributed by atoms with Crippen LogP contribution in [0.3, 0.4) is 0 Å². The fourth-order valence-corrected chi connectivity index (χ4v) is 2.49. The summed E-state index contributed by atoms with van der Waals surface area (Å²) in [4.78, 5) is 4.34. The molecule has 0 amide bonds. The molecule has 1 N–H and O–H groups in total. The Morgan fingerprint density at radius 1 is 1.62 bits per heavy atom. The second-order valence-corrected chi connectivity index (χ2v) is 5.05. The topological polar surface area (TPSA) is 34.2 Å². The van der Waals surface area contributed by atoms with Crippen molar-refractivity contribution in [2.75, 3.05) is 18.5 Å². The van der Waals surface area contributed by atoms with Crippen LogP contribution in [0.4, 0.5) is 5.82 Å². The number of hydrogen-bond donors (Lipinski definition) is 1. The first-order valence-corrected chi connectivity index (χ1v) is 6.52. The van der Waals surface area contributed by atoms with Gasteiger partial charge in [0.2, 0.25) is 0 Å². The summed E-state index contributed by atoms with van der Waals surface area (Å²) in [6, 6.07) is 2.07. The minimum atomic E-state index is 0.441. The molecule has 0 radical (unpaired) electrons. The van der Waals surface area contributed by atoms with Gasteiger partial charge in [0.15, 0.2) is 0 Å². The maximum atomic E-state index is 5.57. The normalized spacial score (nSPS) is 20.0. The SMILES string of the molecule is Cc1cnc(NCCC2CCCO2)c(Br)c1. The first kappa shape index (κ1) is 11.9. The van der Waals surface area contributed by atoms with Crippen LogP contribution in [0.1, 0.15) is 24.8 Å². The molecule has 88 valence electrons. The van der Waals surface area contributed by atoms with E-state index in [0.29, 0.717) is 6.10 Å². The van der Waals surface area contributed by atoms with Crippen molar-refractivity contribution < 1.29 is 4.74 Å². The number of hydrogen-bond acceptors (Lipinski definition) is 3. The number of pyridine rings is 1.